The van der Waals surface area contributed by atoms with Crippen LogP contribution in [0.3, 0.4) is 0 Å². The monoisotopic (exact) mass is 452 g/mol. The molecular weight excluding hydrogens is 428 g/mol. The van der Waals surface area contributed by atoms with Gasteiger partial charge in [0.25, 0.3) is 0 Å². The van der Waals surface area contributed by atoms with Crippen molar-refractivity contribution in [3.05, 3.63) is 65.0 Å². The van der Waals surface area contributed by atoms with Crippen LogP contribution in [-0.2, 0) is 20.7 Å². The van der Waals surface area contributed by atoms with Gasteiger partial charge in [-0.15, -0.1) is 11.3 Å². The fraction of sp³-hybridized carbons (Fsp3) is 0.208. The summed E-state index contributed by atoms with van der Waals surface area (Å²) in [6.07, 6.45) is 3.17. The van der Waals surface area contributed by atoms with Crippen LogP contribution in [-0.4, -0.2) is 37.7 Å². The summed E-state index contributed by atoms with van der Waals surface area (Å²) in [6, 6.07) is 14.9. The van der Waals surface area contributed by atoms with E-state index in [0.717, 1.165) is 16.0 Å². The number of benzene rings is 2. The van der Waals surface area contributed by atoms with Crippen molar-refractivity contribution in [2.45, 2.75) is 13.3 Å². The summed E-state index contributed by atoms with van der Waals surface area (Å²) in [7, 11) is 3.12. The molecule has 0 aliphatic heterocycles. The summed E-state index contributed by atoms with van der Waals surface area (Å²) in [5.41, 5.74) is 2.30. The number of anilines is 1. The van der Waals surface area contributed by atoms with Crippen LogP contribution in [0.4, 0.5) is 5.13 Å². The van der Waals surface area contributed by atoms with Crippen molar-refractivity contribution in [3.8, 4) is 22.8 Å². The lowest BCUT2D eigenvalue weighted by molar-refractivity contribution is -0.142. The molecule has 2 aromatic carbocycles. The zero-order valence-corrected chi connectivity index (χ0v) is 18.9. The Morgan fingerprint density at radius 3 is 2.50 bits per heavy atom. The number of hydrogen-bond acceptors (Lipinski definition) is 7. The van der Waals surface area contributed by atoms with Gasteiger partial charge in [-0.2, -0.15) is 0 Å². The number of thiazole rings is 1. The minimum absolute atomic E-state index is 0.0904. The van der Waals surface area contributed by atoms with Crippen molar-refractivity contribution in [1.82, 2.24) is 4.98 Å². The molecule has 3 rings (SSSR count). The molecule has 0 aliphatic rings. The van der Waals surface area contributed by atoms with Crippen LogP contribution in [0.1, 0.15) is 17.4 Å². The van der Waals surface area contributed by atoms with E-state index >= 15 is 0 Å². The van der Waals surface area contributed by atoms with Gasteiger partial charge in [0, 0.05) is 16.5 Å². The van der Waals surface area contributed by atoms with E-state index in [9.17, 15) is 9.59 Å². The minimum Gasteiger partial charge on any atom is -0.493 e. The largest absolute Gasteiger partial charge is 0.493 e. The minimum atomic E-state index is -0.337. The quantitative estimate of drug-likeness (QED) is 0.378. The SMILES string of the molecule is CCOC(=O)Cc1sc(NC(=O)/C=C/c2ccc(OC)c(OC)c2)nc1-c1ccccc1. The summed E-state index contributed by atoms with van der Waals surface area (Å²) in [4.78, 5) is 29.8. The first-order chi connectivity index (χ1) is 15.5. The molecule has 1 aromatic heterocycles. The van der Waals surface area contributed by atoms with Crippen molar-refractivity contribution in [3.63, 3.8) is 0 Å². The predicted molar refractivity (Wildman–Crippen MR) is 125 cm³/mol. The van der Waals surface area contributed by atoms with Crippen molar-refractivity contribution >= 4 is 34.4 Å². The molecule has 32 heavy (non-hydrogen) atoms. The Morgan fingerprint density at radius 1 is 1.06 bits per heavy atom. The molecule has 166 valence electrons. The number of carbonyl (C=O) groups is 2. The van der Waals surface area contributed by atoms with Gasteiger partial charge in [-0.1, -0.05) is 36.4 Å². The Bertz CT molecular complexity index is 1110. The fourth-order valence-electron chi connectivity index (χ4n) is 2.97. The fourth-order valence-corrected chi connectivity index (χ4v) is 3.94. The molecular formula is C24H24N2O5S. The van der Waals surface area contributed by atoms with Crippen LogP contribution in [0, 0.1) is 0 Å². The number of amides is 1. The molecule has 0 spiro atoms. The first-order valence-corrected chi connectivity index (χ1v) is 10.8. The first-order valence-electron chi connectivity index (χ1n) is 9.95. The van der Waals surface area contributed by atoms with E-state index in [0.29, 0.717) is 28.9 Å². The number of hydrogen-bond donors (Lipinski definition) is 1. The van der Waals surface area contributed by atoms with Crippen LogP contribution in [0.25, 0.3) is 17.3 Å². The van der Waals surface area contributed by atoms with Gasteiger partial charge in [0.05, 0.1) is 32.9 Å². The molecule has 0 fully saturated rings. The molecule has 0 aliphatic carbocycles. The predicted octanol–water partition coefficient (Wildman–Crippen LogP) is 4.58. The average molecular weight is 453 g/mol. The molecule has 0 bridgehead atoms. The van der Waals surface area contributed by atoms with Gasteiger partial charge in [-0.05, 0) is 30.7 Å². The maximum atomic E-state index is 12.5. The summed E-state index contributed by atoms with van der Waals surface area (Å²) >= 11 is 1.26. The third-order valence-corrected chi connectivity index (χ3v) is 5.39. The highest BCUT2D eigenvalue weighted by Gasteiger charge is 2.17. The molecule has 0 saturated heterocycles. The van der Waals surface area contributed by atoms with Crippen LogP contribution in [0.2, 0.25) is 0 Å². The Kier molecular flexibility index (Phi) is 7.99. The number of nitrogens with one attached hydrogen (secondary N) is 1. The standard InChI is InChI=1S/C24H24N2O5S/c1-4-31-22(28)15-20-23(17-8-6-5-7-9-17)26-24(32-20)25-21(27)13-11-16-10-12-18(29-2)19(14-16)30-3/h5-14H,4,15H2,1-3H3,(H,25,26,27)/b13-11+. The number of nitrogens with zero attached hydrogens (tertiary/aromatic N) is 1. The molecule has 7 nitrogen and oxygen atoms in total. The number of carbonyl (C=O) groups excluding carboxylic acids is 2. The average Bonchev–Trinajstić information content (AvgIpc) is 3.19. The van der Waals surface area contributed by atoms with Crippen molar-refractivity contribution in [2.75, 3.05) is 26.1 Å². The van der Waals surface area contributed by atoms with Crippen molar-refractivity contribution in [1.29, 1.82) is 0 Å². The number of methoxy groups -OCH3 is 2. The summed E-state index contributed by atoms with van der Waals surface area (Å²) in [5, 5.41) is 3.18. The molecule has 1 heterocycles. The van der Waals surface area contributed by atoms with E-state index < -0.39 is 0 Å². The molecule has 0 saturated carbocycles. The normalized spacial score (nSPS) is 10.7. The third-order valence-electron chi connectivity index (χ3n) is 4.42. The van der Waals surface area contributed by atoms with Gasteiger partial charge in [0.15, 0.2) is 16.6 Å². The number of ether oxygens (including phenoxy) is 3. The van der Waals surface area contributed by atoms with E-state index in [1.807, 2.05) is 36.4 Å². The molecule has 1 amide bonds. The molecule has 1 N–H and O–H groups in total. The number of aromatic nitrogens is 1. The Balaban J connectivity index is 1.77. The Labute approximate surface area is 190 Å². The maximum Gasteiger partial charge on any atom is 0.311 e. The second kappa shape index (κ2) is 11.1. The second-order valence-electron chi connectivity index (χ2n) is 6.58. The summed E-state index contributed by atoms with van der Waals surface area (Å²) < 4.78 is 15.6. The van der Waals surface area contributed by atoms with E-state index in [2.05, 4.69) is 10.3 Å². The summed E-state index contributed by atoms with van der Waals surface area (Å²) in [6.45, 7) is 2.07. The topological polar surface area (TPSA) is 86.8 Å². The molecule has 0 radical (unpaired) electrons. The Morgan fingerprint density at radius 2 is 1.81 bits per heavy atom. The third kappa shape index (κ3) is 5.95. The lowest BCUT2D eigenvalue weighted by Gasteiger charge is -2.07. The maximum absolute atomic E-state index is 12.5. The zero-order chi connectivity index (χ0) is 22.9. The van der Waals surface area contributed by atoms with Gasteiger partial charge in [0.1, 0.15) is 0 Å². The van der Waals surface area contributed by atoms with E-state index in [1.54, 1.807) is 39.4 Å². The smallest absolute Gasteiger partial charge is 0.311 e. The van der Waals surface area contributed by atoms with Gasteiger partial charge >= 0.3 is 5.97 Å². The summed E-state index contributed by atoms with van der Waals surface area (Å²) in [5.74, 6) is 0.515. The van der Waals surface area contributed by atoms with Gasteiger partial charge in [-0.3, -0.25) is 14.9 Å². The molecule has 0 atom stereocenters. The highest BCUT2D eigenvalue weighted by Crippen LogP contribution is 2.32. The molecule has 3 aromatic rings. The van der Waals surface area contributed by atoms with Crippen LogP contribution < -0.4 is 14.8 Å². The lowest BCUT2D eigenvalue weighted by Crippen LogP contribution is -2.07. The zero-order valence-electron chi connectivity index (χ0n) is 18.1. The number of rotatable bonds is 9. The van der Waals surface area contributed by atoms with Gasteiger partial charge in [0.2, 0.25) is 5.91 Å². The van der Waals surface area contributed by atoms with E-state index in [-0.39, 0.29) is 18.3 Å². The van der Waals surface area contributed by atoms with Crippen LogP contribution in [0.15, 0.2) is 54.6 Å². The second-order valence-corrected chi connectivity index (χ2v) is 7.66. The highest BCUT2D eigenvalue weighted by atomic mass is 32.1. The molecule has 8 heteroatoms. The number of esters is 1. The Hall–Kier alpha value is -3.65. The molecule has 0 unspecified atom stereocenters. The van der Waals surface area contributed by atoms with Crippen LogP contribution >= 0.6 is 11.3 Å². The highest BCUT2D eigenvalue weighted by molar-refractivity contribution is 7.16. The van der Waals surface area contributed by atoms with Gasteiger partial charge < -0.3 is 14.2 Å². The van der Waals surface area contributed by atoms with Crippen molar-refractivity contribution < 1.29 is 23.8 Å². The van der Waals surface area contributed by atoms with Crippen molar-refractivity contribution in [2.24, 2.45) is 0 Å². The lowest BCUT2D eigenvalue weighted by atomic mass is 10.1. The van der Waals surface area contributed by atoms with E-state index in [4.69, 9.17) is 14.2 Å². The van der Waals surface area contributed by atoms with Gasteiger partial charge in [-0.25, -0.2) is 4.98 Å². The first kappa shape index (κ1) is 23.0. The van der Waals surface area contributed by atoms with Crippen LogP contribution in [0.5, 0.6) is 11.5 Å². The van der Waals surface area contributed by atoms with E-state index in [1.165, 1.54) is 17.4 Å².